The molecule has 0 aromatic heterocycles. The summed E-state index contributed by atoms with van der Waals surface area (Å²) >= 11 is 0. The van der Waals surface area contributed by atoms with E-state index >= 15 is 0 Å². The first kappa shape index (κ1) is 15.9. The summed E-state index contributed by atoms with van der Waals surface area (Å²) in [7, 11) is -1.62. The molecule has 0 radical (unpaired) electrons. The second kappa shape index (κ2) is 5.11. The maximum Gasteiger partial charge on any atom is 0.316 e. The zero-order valence-corrected chi connectivity index (χ0v) is 12.5. The van der Waals surface area contributed by atoms with Crippen molar-refractivity contribution >= 4 is 21.7 Å². The third-order valence-electron chi connectivity index (χ3n) is 3.46. The molecule has 1 rings (SSSR count). The Labute approximate surface area is 113 Å². The standard InChI is InChI=1S/C12H21NO5S/c1-12(2,3)9(11(15)16)10(14)13(4)8-5-6-19(17,18)7-8/h8-9H,5-7H2,1-4H3,(H,15,16). The fourth-order valence-electron chi connectivity index (χ4n) is 2.31. The number of sulfone groups is 1. The lowest BCUT2D eigenvalue weighted by molar-refractivity contribution is -0.156. The second-order valence-electron chi connectivity index (χ2n) is 6.14. The van der Waals surface area contributed by atoms with Gasteiger partial charge in [-0.2, -0.15) is 0 Å². The van der Waals surface area contributed by atoms with Crippen LogP contribution in [0.3, 0.4) is 0 Å². The molecule has 110 valence electrons. The number of hydrogen-bond donors (Lipinski definition) is 1. The summed E-state index contributed by atoms with van der Waals surface area (Å²) in [5, 5.41) is 9.21. The molecule has 1 heterocycles. The van der Waals surface area contributed by atoms with E-state index in [9.17, 15) is 23.1 Å². The molecule has 0 aliphatic carbocycles. The summed E-state index contributed by atoms with van der Waals surface area (Å²) in [5.41, 5.74) is -0.714. The van der Waals surface area contributed by atoms with Crippen molar-refractivity contribution in [2.24, 2.45) is 11.3 Å². The molecule has 2 unspecified atom stereocenters. The minimum atomic E-state index is -3.10. The fraction of sp³-hybridized carbons (Fsp3) is 0.833. The quantitative estimate of drug-likeness (QED) is 0.759. The lowest BCUT2D eigenvalue weighted by Gasteiger charge is -2.32. The predicted octanol–water partition coefficient (Wildman–Crippen LogP) is 0.379. The Kier molecular flexibility index (Phi) is 4.29. The van der Waals surface area contributed by atoms with E-state index in [-0.39, 0.29) is 11.5 Å². The number of hydrogen-bond acceptors (Lipinski definition) is 4. The smallest absolute Gasteiger partial charge is 0.316 e. The van der Waals surface area contributed by atoms with Gasteiger partial charge in [0.05, 0.1) is 11.5 Å². The van der Waals surface area contributed by atoms with Crippen LogP contribution in [0.4, 0.5) is 0 Å². The molecule has 0 bridgehead atoms. The molecule has 1 N–H and O–H groups in total. The molecule has 1 fully saturated rings. The van der Waals surface area contributed by atoms with Gasteiger partial charge in [-0.15, -0.1) is 0 Å². The Hall–Kier alpha value is -1.11. The summed E-state index contributed by atoms with van der Waals surface area (Å²) in [6.45, 7) is 5.05. The molecular formula is C12H21NO5S. The van der Waals surface area contributed by atoms with Crippen LogP contribution in [0.1, 0.15) is 27.2 Å². The maximum atomic E-state index is 12.3. The van der Waals surface area contributed by atoms with Gasteiger partial charge in [0.25, 0.3) is 0 Å². The van der Waals surface area contributed by atoms with Crippen molar-refractivity contribution in [1.82, 2.24) is 4.90 Å². The highest BCUT2D eigenvalue weighted by atomic mass is 32.2. The predicted molar refractivity (Wildman–Crippen MR) is 70.4 cm³/mol. The highest BCUT2D eigenvalue weighted by molar-refractivity contribution is 7.91. The van der Waals surface area contributed by atoms with E-state index in [1.165, 1.54) is 11.9 Å². The van der Waals surface area contributed by atoms with Gasteiger partial charge < -0.3 is 10.0 Å². The highest BCUT2D eigenvalue weighted by Crippen LogP contribution is 2.29. The molecule has 19 heavy (non-hydrogen) atoms. The molecule has 6 nitrogen and oxygen atoms in total. The first-order valence-electron chi connectivity index (χ1n) is 6.15. The molecule has 7 heteroatoms. The van der Waals surface area contributed by atoms with Crippen molar-refractivity contribution in [3.8, 4) is 0 Å². The van der Waals surface area contributed by atoms with Gasteiger partial charge in [0.1, 0.15) is 5.92 Å². The Bertz CT molecular complexity index is 477. The van der Waals surface area contributed by atoms with Gasteiger partial charge in [0.2, 0.25) is 5.91 Å². The van der Waals surface area contributed by atoms with Gasteiger partial charge in [0.15, 0.2) is 9.84 Å². The molecule has 2 atom stereocenters. The third-order valence-corrected chi connectivity index (χ3v) is 5.21. The number of carbonyl (C=O) groups excluding carboxylic acids is 1. The molecule has 1 amide bonds. The molecule has 1 aliphatic heterocycles. The van der Waals surface area contributed by atoms with E-state index in [0.29, 0.717) is 6.42 Å². The van der Waals surface area contributed by atoms with Crippen molar-refractivity contribution in [3.05, 3.63) is 0 Å². The molecule has 0 aromatic rings. The monoisotopic (exact) mass is 291 g/mol. The minimum Gasteiger partial charge on any atom is -0.481 e. The van der Waals surface area contributed by atoms with Crippen LogP contribution in [0, 0.1) is 11.3 Å². The van der Waals surface area contributed by atoms with Gasteiger partial charge in [-0.05, 0) is 11.8 Å². The van der Waals surface area contributed by atoms with Crippen LogP contribution in [0.5, 0.6) is 0 Å². The van der Waals surface area contributed by atoms with Crippen LogP contribution < -0.4 is 0 Å². The van der Waals surface area contributed by atoms with Gasteiger partial charge in [-0.1, -0.05) is 20.8 Å². The molecule has 0 saturated carbocycles. The first-order chi connectivity index (χ1) is 8.46. The number of rotatable bonds is 3. The van der Waals surface area contributed by atoms with Gasteiger partial charge in [0, 0.05) is 13.1 Å². The van der Waals surface area contributed by atoms with Crippen LogP contribution in [-0.2, 0) is 19.4 Å². The zero-order chi connectivity index (χ0) is 15.0. The summed E-state index contributed by atoms with van der Waals surface area (Å²) in [6.07, 6.45) is 0.376. The molecule has 1 aliphatic rings. The maximum absolute atomic E-state index is 12.3. The van der Waals surface area contributed by atoms with Crippen LogP contribution in [-0.4, -0.2) is 54.9 Å². The largest absolute Gasteiger partial charge is 0.481 e. The second-order valence-corrected chi connectivity index (χ2v) is 8.37. The van der Waals surface area contributed by atoms with E-state index in [4.69, 9.17) is 0 Å². The van der Waals surface area contributed by atoms with E-state index in [1.807, 2.05) is 0 Å². The van der Waals surface area contributed by atoms with E-state index in [1.54, 1.807) is 20.8 Å². The normalized spacial score (nSPS) is 23.9. The molecule has 0 spiro atoms. The number of carbonyl (C=O) groups is 2. The SMILES string of the molecule is CN(C(=O)C(C(=O)O)C(C)(C)C)C1CCS(=O)(=O)C1. The van der Waals surface area contributed by atoms with E-state index < -0.39 is 39.1 Å². The van der Waals surface area contributed by atoms with Crippen molar-refractivity contribution in [3.63, 3.8) is 0 Å². The van der Waals surface area contributed by atoms with E-state index in [2.05, 4.69) is 0 Å². The number of aliphatic carboxylic acids is 1. The Morgan fingerprint density at radius 3 is 2.16 bits per heavy atom. The highest BCUT2D eigenvalue weighted by Gasteiger charge is 2.42. The number of carboxylic acids is 1. The fourth-order valence-corrected chi connectivity index (χ4v) is 4.09. The Morgan fingerprint density at radius 1 is 1.32 bits per heavy atom. The third kappa shape index (κ3) is 3.68. The van der Waals surface area contributed by atoms with Gasteiger partial charge in [-0.3, -0.25) is 9.59 Å². The van der Waals surface area contributed by atoms with Crippen molar-refractivity contribution in [2.75, 3.05) is 18.6 Å². The van der Waals surface area contributed by atoms with E-state index in [0.717, 1.165) is 0 Å². The molecular weight excluding hydrogens is 270 g/mol. The van der Waals surface area contributed by atoms with Gasteiger partial charge >= 0.3 is 5.97 Å². The van der Waals surface area contributed by atoms with Crippen LogP contribution in [0.2, 0.25) is 0 Å². The average Bonchev–Trinajstić information content (AvgIpc) is 2.54. The first-order valence-corrected chi connectivity index (χ1v) is 7.98. The lowest BCUT2D eigenvalue weighted by Crippen LogP contribution is -2.47. The van der Waals surface area contributed by atoms with Crippen LogP contribution in [0.25, 0.3) is 0 Å². The average molecular weight is 291 g/mol. The van der Waals surface area contributed by atoms with Crippen molar-refractivity contribution < 1.29 is 23.1 Å². The minimum absolute atomic E-state index is 0.0581. The number of amides is 1. The summed E-state index contributed by atoms with van der Waals surface area (Å²) in [5.74, 6) is -2.89. The lowest BCUT2D eigenvalue weighted by atomic mass is 9.79. The van der Waals surface area contributed by atoms with Crippen molar-refractivity contribution in [1.29, 1.82) is 0 Å². The topological polar surface area (TPSA) is 91.8 Å². The van der Waals surface area contributed by atoms with Crippen LogP contribution >= 0.6 is 0 Å². The number of carboxylic acid groups (broad SMARTS) is 1. The van der Waals surface area contributed by atoms with Crippen molar-refractivity contribution in [2.45, 2.75) is 33.2 Å². The zero-order valence-electron chi connectivity index (χ0n) is 11.7. The summed E-state index contributed by atoms with van der Waals surface area (Å²) in [4.78, 5) is 24.8. The van der Waals surface area contributed by atoms with Gasteiger partial charge in [-0.25, -0.2) is 8.42 Å². The Balaban J connectivity index is 2.90. The number of nitrogens with zero attached hydrogens (tertiary/aromatic N) is 1. The Morgan fingerprint density at radius 2 is 1.84 bits per heavy atom. The van der Waals surface area contributed by atoms with Crippen LogP contribution in [0.15, 0.2) is 0 Å². The summed E-state index contributed by atoms with van der Waals surface area (Å²) in [6, 6.07) is -0.415. The summed E-state index contributed by atoms with van der Waals surface area (Å²) < 4.78 is 22.8. The molecule has 0 aromatic carbocycles. The molecule has 1 saturated heterocycles.